The van der Waals surface area contributed by atoms with Gasteiger partial charge in [0.05, 0.1) is 0 Å². The second-order valence-electron chi connectivity index (χ2n) is 5.87. The Bertz CT molecular complexity index is 401. The summed E-state index contributed by atoms with van der Waals surface area (Å²) < 4.78 is -3.31. The molecule has 0 bridgehead atoms. The topological polar surface area (TPSA) is 109 Å². The molecule has 23 heavy (non-hydrogen) atoms. The van der Waals surface area contributed by atoms with Crippen LogP contribution in [0.15, 0.2) is 0 Å². The number of unbranched alkanes of at least 4 members (excludes halogenated alkanes) is 2. The Kier molecular flexibility index (Phi) is 9.02. The summed E-state index contributed by atoms with van der Waals surface area (Å²) in [6, 6.07) is 0. The summed E-state index contributed by atoms with van der Waals surface area (Å²) >= 11 is -2.47. The number of aliphatic carboxylic acids is 2. The Morgan fingerprint density at radius 1 is 0.783 bits per heavy atom. The average molecular weight is 433 g/mol. The van der Waals surface area contributed by atoms with Crippen LogP contribution in [0.4, 0.5) is 0 Å². The standard InChI is InChI=1S/2C8H13O3.Sn/c2*1-3-4-5-7(6(2)9)8(10)11;/h2*3-5H2,1-2H3,(H,10,11);. The van der Waals surface area contributed by atoms with Crippen molar-refractivity contribution < 1.29 is 29.4 Å². The molecule has 2 unspecified atom stereocenters. The van der Waals surface area contributed by atoms with Crippen LogP contribution in [-0.2, 0) is 19.2 Å². The van der Waals surface area contributed by atoms with Crippen molar-refractivity contribution in [3.8, 4) is 0 Å². The van der Waals surface area contributed by atoms with E-state index in [1.165, 1.54) is 13.8 Å². The molecule has 0 aliphatic rings. The molecule has 2 atom stereocenters. The number of rotatable bonds is 12. The van der Waals surface area contributed by atoms with Crippen LogP contribution in [0.3, 0.4) is 0 Å². The van der Waals surface area contributed by atoms with E-state index in [0.29, 0.717) is 25.7 Å². The molecule has 0 fully saturated rings. The first-order valence-electron chi connectivity index (χ1n) is 7.89. The van der Waals surface area contributed by atoms with Crippen LogP contribution in [0, 0.1) is 0 Å². The number of carboxylic acids is 2. The Morgan fingerprint density at radius 2 is 1.09 bits per heavy atom. The molecule has 0 rings (SSSR count). The molecule has 0 saturated heterocycles. The molecule has 7 heteroatoms. The molecule has 0 aliphatic carbocycles. The van der Waals surface area contributed by atoms with E-state index in [1.807, 2.05) is 13.8 Å². The van der Waals surface area contributed by atoms with Gasteiger partial charge in [-0.3, -0.25) is 0 Å². The summed E-state index contributed by atoms with van der Waals surface area (Å²) in [6.07, 6.45) is 2.69. The van der Waals surface area contributed by atoms with Crippen molar-refractivity contribution in [1.29, 1.82) is 0 Å². The molecule has 0 amide bonds. The molecule has 0 aromatic rings. The Balaban J connectivity index is 6.02. The maximum absolute atomic E-state index is 12.2. The van der Waals surface area contributed by atoms with Gasteiger partial charge in [-0.1, -0.05) is 0 Å². The molecule has 6 nitrogen and oxygen atoms in total. The number of carbonyl (C=O) groups excluding carboxylic acids is 2. The molecule has 0 aromatic carbocycles. The Labute approximate surface area is 147 Å². The number of hydrogen-bond acceptors (Lipinski definition) is 4. The zero-order valence-electron chi connectivity index (χ0n) is 14.3. The summed E-state index contributed by atoms with van der Waals surface area (Å²) in [6.45, 7) is 6.17. The molecule has 0 heterocycles. The number of carboxylic acid groups (broad SMARTS) is 2. The van der Waals surface area contributed by atoms with Crippen molar-refractivity contribution in [2.24, 2.45) is 0 Å². The van der Waals surface area contributed by atoms with Crippen LogP contribution in [0.1, 0.15) is 66.2 Å². The van der Waals surface area contributed by atoms with Gasteiger partial charge in [0.25, 0.3) is 0 Å². The zero-order chi connectivity index (χ0) is 18.3. The Morgan fingerprint density at radius 3 is 1.26 bits per heavy atom. The van der Waals surface area contributed by atoms with Gasteiger partial charge in [-0.25, -0.2) is 0 Å². The van der Waals surface area contributed by atoms with Gasteiger partial charge in [-0.15, -0.1) is 0 Å². The zero-order valence-corrected chi connectivity index (χ0v) is 17.1. The van der Waals surface area contributed by atoms with E-state index in [9.17, 15) is 29.4 Å². The third kappa shape index (κ3) is 5.02. The van der Waals surface area contributed by atoms with Crippen molar-refractivity contribution in [1.82, 2.24) is 0 Å². The van der Waals surface area contributed by atoms with Gasteiger partial charge in [0, 0.05) is 0 Å². The van der Waals surface area contributed by atoms with Crippen LogP contribution in [0.25, 0.3) is 0 Å². The minimum atomic E-state index is -2.47. The van der Waals surface area contributed by atoms with Gasteiger partial charge < -0.3 is 0 Å². The third-order valence-corrected chi connectivity index (χ3v) is 11.3. The van der Waals surface area contributed by atoms with Gasteiger partial charge in [-0.2, -0.15) is 0 Å². The van der Waals surface area contributed by atoms with Gasteiger partial charge in [0.2, 0.25) is 0 Å². The average Bonchev–Trinajstić information content (AvgIpc) is 2.45. The molecule has 130 valence electrons. The van der Waals surface area contributed by atoms with Crippen LogP contribution in [0.5, 0.6) is 0 Å². The summed E-state index contributed by atoms with van der Waals surface area (Å²) in [4.78, 5) is 48.1. The first-order valence-corrected chi connectivity index (χ1v) is 10.7. The van der Waals surface area contributed by atoms with Crippen LogP contribution in [-0.4, -0.2) is 54.9 Å². The maximum atomic E-state index is 12.2. The molecule has 0 spiro atoms. The number of hydrogen-bond donors (Lipinski definition) is 2. The van der Waals surface area contributed by atoms with E-state index < -0.39 is 51.5 Å². The van der Waals surface area contributed by atoms with E-state index in [4.69, 9.17) is 0 Å². The number of Topliss-reactive ketones (excluding diaryl/α,β-unsaturated/α-hetero) is 2. The predicted molar refractivity (Wildman–Crippen MR) is 86.8 cm³/mol. The minimum absolute atomic E-state index is 0.120. The van der Waals surface area contributed by atoms with Gasteiger partial charge >= 0.3 is 147 Å². The predicted octanol–water partition coefficient (Wildman–Crippen LogP) is 2.74. The second kappa shape index (κ2) is 9.39. The van der Waals surface area contributed by atoms with E-state index in [1.54, 1.807) is 0 Å². The molecule has 0 aromatic heterocycles. The molecule has 0 saturated carbocycles. The first kappa shape index (κ1) is 22.1. The SMILES string of the molecule is CCCC[C]([Sn][C](CCCC)(C(C)=O)C(=O)O)(C(C)=O)C(=O)O. The van der Waals surface area contributed by atoms with Crippen molar-refractivity contribution in [2.45, 2.75) is 73.1 Å². The molecular formula is C16H26O6Sn. The fourth-order valence-corrected chi connectivity index (χ4v) is 7.94. The van der Waals surface area contributed by atoms with Gasteiger partial charge in [0.1, 0.15) is 0 Å². The molecule has 0 aliphatic heterocycles. The quantitative estimate of drug-likeness (QED) is 0.362. The van der Waals surface area contributed by atoms with Crippen LogP contribution >= 0.6 is 0 Å². The first-order chi connectivity index (χ1) is 10.6. The normalized spacial score (nSPS) is 16.2. The summed E-state index contributed by atoms with van der Waals surface area (Å²) in [5, 5.41) is 19.4. The van der Waals surface area contributed by atoms with Crippen LogP contribution < -0.4 is 0 Å². The fraction of sp³-hybridized carbons (Fsp3) is 0.750. The van der Waals surface area contributed by atoms with Crippen molar-refractivity contribution in [2.75, 3.05) is 0 Å². The second-order valence-corrected chi connectivity index (χ2v) is 11.5. The molecular weight excluding hydrogens is 407 g/mol. The van der Waals surface area contributed by atoms with Crippen molar-refractivity contribution in [3.05, 3.63) is 0 Å². The van der Waals surface area contributed by atoms with E-state index >= 15 is 0 Å². The summed E-state index contributed by atoms with van der Waals surface area (Å²) in [7, 11) is 0. The molecule has 2 radical (unpaired) electrons. The third-order valence-electron chi connectivity index (χ3n) is 4.17. The summed E-state index contributed by atoms with van der Waals surface area (Å²) in [5.41, 5.74) is 0. The van der Waals surface area contributed by atoms with Gasteiger partial charge in [-0.05, 0) is 0 Å². The van der Waals surface area contributed by atoms with Crippen LogP contribution in [0.2, 0.25) is 6.86 Å². The number of ketones is 2. The van der Waals surface area contributed by atoms with Crippen molar-refractivity contribution >= 4 is 44.6 Å². The summed E-state index contributed by atoms with van der Waals surface area (Å²) in [5.74, 6) is -3.58. The monoisotopic (exact) mass is 434 g/mol. The Hall–Kier alpha value is -0.921. The fourth-order valence-electron chi connectivity index (χ4n) is 2.52. The van der Waals surface area contributed by atoms with E-state index in [2.05, 4.69) is 0 Å². The van der Waals surface area contributed by atoms with E-state index in [0.717, 1.165) is 0 Å². The number of carbonyl (C=O) groups is 4. The van der Waals surface area contributed by atoms with Crippen molar-refractivity contribution in [3.63, 3.8) is 0 Å². The van der Waals surface area contributed by atoms with E-state index in [-0.39, 0.29) is 12.8 Å². The van der Waals surface area contributed by atoms with Gasteiger partial charge in [0.15, 0.2) is 0 Å². The molecule has 2 N–H and O–H groups in total.